The van der Waals surface area contributed by atoms with Gasteiger partial charge in [0, 0.05) is 6.07 Å². The molecule has 1 heterocycles. The van der Waals surface area contributed by atoms with E-state index in [1.54, 1.807) is 0 Å². The van der Waals surface area contributed by atoms with E-state index >= 15 is 0 Å². The molecule has 0 spiro atoms. The van der Waals surface area contributed by atoms with Gasteiger partial charge in [-0.1, -0.05) is 11.6 Å². The van der Waals surface area contributed by atoms with Crippen molar-refractivity contribution in [1.29, 1.82) is 0 Å². The van der Waals surface area contributed by atoms with Crippen LogP contribution < -0.4 is 9.46 Å². The third kappa shape index (κ3) is 5.25. The van der Waals surface area contributed by atoms with Crippen molar-refractivity contribution in [1.82, 2.24) is 4.98 Å². The molecule has 10 heteroatoms. The normalized spacial score (nSPS) is 12.7. The molecule has 0 aliphatic heterocycles. The maximum atomic E-state index is 12.9. The first-order valence-corrected chi connectivity index (χ1v) is 9.19. The van der Waals surface area contributed by atoms with Gasteiger partial charge in [0.25, 0.3) is 10.0 Å². The molecule has 0 saturated heterocycles. The van der Waals surface area contributed by atoms with E-state index in [0.29, 0.717) is 6.07 Å². The fourth-order valence-corrected chi connectivity index (χ4v) is 3.21. The van der Waals surface area contributed by atoms with Crippen LogP contribution >= 0.6 is 11.6 Å². The maximum absolute atomic E-state index is 12.9. The van der Waals surface area contributed by atoms with Gasteiger partial charge in [0.2, 0.25) is 5.88 Å². The smallest absolute Gasteiger partial charge is 0.417 e. The van der Waals surface area contributed by atoms with Crippen LogP contribution in [0.3, 0.4) is 0 Å². The first kappa shape index (κ1) is 20.3. The van der Waals surface area contributed by atoms with Crippen LogP contribution in [0.25, 0.3) is 0 Å². The highest BCUT2D eigenvalue weighted by Gasteiger charge is 2.34. The van der Waals surface area contributed by atoms with Gasteiger partial charge < -0.3 is 4.74 Å². The standard InChI is InChI=1S/C16H16ClF3N2O3S/c1-15(2,3)25-14-7-4-10(9-21-14)22-26(23,24)11-5-6-13(17)12(8-11)16(18,19)20/h4-9,22H,1-3H3. The molecule has 0 amide bonds. The summed E-state index contributed by atoms with van der Waals surface area (Å²) in [5.41, 5.74) is -1.63. The minimum Gasteiger partial charge on any atom is -0.472 e. The third-order valence-electron chi connectivity index (χ3n) is 2.95. The summed E-state index contributed by atoms with van der Waals surface area (Å²) in [4.78, 5) is 3.40. The van der Waals surface area contributed by atoms with Gasteiger partial charge in [0.15, 0.2) is 0 Å². The summed E-state index contributed by atoms with van der Waals surface area (Å²) in [5, 5.41) is -0.582. The number of hydrogen-bond donors (Lipinski definition) is 1. The molecule has 0 aliphatic rings. The molecule has 0 radical (unpaired) electrons. The Morgan fingerprint density at radius 2 is 1.77 bits per heavy atom. The number of nitrogens with zero attached hydrogens (tertiary/aromatic N) is 1. The van der Waals surface area contributed by atoms with Crippen LogP contribution in [0.4, 0.5) is 18.9 Å². The number of halogens is 4. The van der Waals surface area contributed by atoms with Crippen LogP contribution in [-0.4, -0.2) is 19.0 Å². The summed E-state index contributed by atoms with van der Waals surface area (Å²) < 4.78 is 71.0. The summed E-state index contributed by atoms with van der Waals surface area (Å²) >= 11 is 5.50. The predicted octanol–water partition coefficient (Wildman–Crippen LogP) is 4.73. The Labute approximate surface area is 154 Å². The molecule has 1 N–H and O–H groups in total. The van der Waals surface area contributed by atoms with Crippen molar-refractivity contribution in [2.75, 3.05) is 4.72 Å². The van der Waals surface area contributed by atoms with E-state index in [-0.39, 0.29) is 11.6 Å². The number of sulfonamides is 1. The van der Waals surface area contributed by atoms with E-state index in [1.807, 2.05) is 20.8 Å². The lowest BCUT2D eigenvalue weighted by Crippen LogP contribution is -2.23. The number of anilines is 1. The van der Waals surface area contributed by atoms with E-state index in [4.69, 9.17) is 16.3 Å². The zero-order chi connectivity index (χ0) is 19.8. The number of nitrogens with one attached hydrogen (secondary N) is 1. The zero-order valence-corrected chi connectivity index (χ0v) is 15.6. The van der Waals surface area contributed by atoms with Crippen molar-refractivity contribution in [3.63, 3.8) is 0 Å². The number of ether oxygens (including phenoxy) is 1. The van der Waals surface area contributed by atoms with Crippen LogP contribution in [-0.2, 0) is 16.2 Å². The fraction of sp³-hybridized carbons (Fsp3) is 0.312. The average Bonchev–Trinajstić information content (AvgIpc) is 2.46. The van der Waals surface area contributed by atoms with Crippen molar-refractivity contribution < 1.29 is 26.3 Å². The van der Waals surface area contributed by atoms with Crippen LogP contribution in [0.1, 0.15) is 26.3 Å². The molecule has 0 saturated carbocycles. The van der Waals surface area contributed by atoms with E-state index < -0.39 is 37.3 Å². The van der Waals surface area contributed by atoms with E-state index in [1.165, 1.54) is 18.3 Å². The monoisotopic (exact) mass is 408 g/mol. The number of benzene rings is 1. The molecule has 5 nitrogen and oxygen atoms in total. The Morgan fingerprint density at radius 1 is 1.12 bits per heavy atom. The minimum atomic E-state index is -4.77. The van der Waals surface area contributed by atoms with Gasteiger partial charge in [-0.15, -0.1) is 0 Å². The Kier molecular flexibility index (Phi) is 5.44. The lowest BCUT2D eigenvalue weighted by molar-refractivity contribution is -0.137. The van der Waals surface area contributed by atoms with Crippen molar-refractivity contribution in [3.05, 3.63) is 47.1 Å². The van der Waals surface area contributed by atoms with Gasteiger partial charge >= 0.3 is 6.18 Å². The molecule has 0 unspecified atom stereocenters. The Morgan fingerprint density at radius 3 is 2.27 bits per heavy atom. The van der Waals surface area contributed by atoms with Crippen molar-refractivity contribution in [2.45, 2.75) is 37.4 Å². The molecule has 1 aromatic heterocycles. The van der Waals surface area contributed by atoms with Gasteiger partial charge in [0.05, 0.1) is 27.4 Å². The number of pyridine rings is 1. The van der Waals surface area contributed by atoms with Gasteiger partial charge in [-0.2, -0.15) is 13.2 Å². The third-order valence-corrected chi connectivity index (χ3v) is 4.66. The van der Waals surface area contributed by atoms with Gasteiger partial charge in [-0.05, 0) is 45.0 Å². The second-order valence-electron chi connectivity index (χ2n) is 6.34. The highest BCUT2D eigenvalue weighted by atomic mass is 35.5. The summed E-state index contributed by atoms with van der Waals surface area (Å²) in [6.45, 7) is 5.47. The molecular weight excluding hydrogens is 393 g/mol. The van der Waals surface area contributed by atoms with Gasteiger partial charge in [0.1, 0.15) is 5.60 Å². The molecular formula is C16H16ClF3N2O3S. The summed E-state index contributed by atoms with van der Waals surface area (Å²) in [5.74, 6) is 0.284. The lowest BCUT2D eigenvalue weighted by Gasteiger charge is -2.20. The molecule has 1 aromatic carbocycles. The maximum Gasteiger partial charge on any atom is 0.417 e. The molecule has 2 rings (SSSR count). The lowest BCUT2D eigenvalue weighted by atomic mass is 10.2. The number of aromatic nitrogens is 1. The first-order chi connectivity index (χ1) is 11.8. The Balaban J connectivity index is 2.26. The summed E-state index contributed by atoms with van der Waals surface area (Å²) in [6.07, 6.45) is -3.56. The highest BCUT2D eigenvalue weighted by molar-refractivity contribution is 7.92. The molecule has 26 heavy (non-hydrogen) atoms. The SMILES string of the molecule is CC(C)(C)Oc1ccc(NS(=O)(=O)c2ccc(Cl)c(C(F)(F)F)c2)cn1. The van der Waals surface area contributed by atoms with Crippen LogP contribution in [0, 0.1) is 0 Å². The summed E-state index contributed by atoms with van der Waals surface area (Å²) in [7, 11) is -4.25. The van der Waals surface area contributed by atoms with Crippen molar-refractivity contribution in [2.24, 2.45) is 0 Å². The average molecular weight is 409 g/mol. The fourth-order valence-electron chi connectivity index (χ4n) is 1.92. The van der Waals surface area contributed by atoms with Crippen molar-refractivity contribution >= 4 is 27.3 Å². The first-order valence-electron chi connectivity index (χ1n) is 7.32. The summed E-state index contributed by atoms with van der Waals surface area (Å²) in [6, 6.07) is 5.20. The largest absolute Gasteiger partial charge is 0.472 e. The molecule has 0 aliphatic carbocycles. The number of rotatable bonds is 4. The van der Waals surface area contributed by atoms with Gasteiger partial charge in [-0.3, -0.25) is 4.72 Å². The predicted molar refractivity (Wildman–Crippen MR) is 91.9 cm³/mol. The highest BCUT2D eigenvalue weighted by Crippen LogP contribution is 2.36. The van der Waals surface area contributed by atoms with E-state index in [0.717, 1.165) is 12.1 Å². The Bertz CT molecular complexity index is 892. The minimum absolute atomic E-state index is 0.0785. The second kappa shape index (κ2) is 6.96. The van der Waals surface area contributed by atoms with Crippen LogP contribution in [0.2, 0.25) is 5.02 Å². The van der Waals surface area contributed by atoms with E-state index in [9.17, 15) is 21.6 Å². The van der Waals surface area contributed by atoms with Crippen LogP contribution in [0.15, 0.2) is 41.4 Å². The molecule has 0 fully saturated rings. The van der Waals surface area contributed by atoms with Crippen LogP contribution in [0.5, 0.6) is 5.88 Å². The molecule has 0 atom stereocenters. The molecule has 0 bridgehead atoms. The number of alkyl halides is 3. The quantitative estimate of drug-likeness (QED) is 0.794. The topological polar surface area (TPSA) is 68.3 Å². The van der Waals surface area contributed by atoms with Crippen molar-refractivity contribution in [3.8, 4) is 5.88 Å². The molecule has 2 aromatic rings. The molecule has 142 valence electrons. The second-order valence-corrected chi connectivity index (χ2v) is 8.43. The zero-order valence-electron chi connectivity index (χ0n) is 14.1. The van der Waals surface area contributed by atoms with Gasteiger partial charge in [-0.25, -0.2) is 13.4 Å². The number of hydrogen-bond acceptors (Lipinski definition) is 4. The van der Waals surface area contributed by atoms with E-state index in [2.05, 4.69) is 9.71 Å². The Hall–Kier alpha value is -2.00.